The predicted molar refractivity (Wildman–Crippen MR) is 155 cm³/mol. The summed E-state index contributed by atoms with van der Waals surface area (Å²) in [7, 11) is -4.18. The van der Waals surface area contributed by atoms with Crippen molar-refractivity contribution in [1.82, 2.24) is 9.71 Å². The number of amides is 1. The molecule has 1 saturated carbocycles. The van der Waals surface area contributed by atoms with E-state index in [2.05, 4.69) is 32.4 Å². The molecule has 0 radical (unpaired) electrons. The first kappa shape index (κ1) is 29.5. The number of pyridine rings is 1. The number of benzene rings is 2. The number of nitrogens with two attached hydrogens (primary N) is 1. The number of anilines is 1. The van der Waals surface area contributed by atoms with Crippen molar-refractivity contribution >= 4 is 21.6 Å². The molecule has 1 aromatic heterocycles. The van der Waals surface area contributed by atoms with Crippen LogP contribution in [0.4, 0.5) is 10.1 Å². The van der Waals surface area contributed by atoms with Gasteiger partial charge in [0.25, 0.3) is 15.9 Å². The molecule has 40 heavy (non-hydrogen) atoms. The van der Waals surface area contributed by atoms with E-state index in [-0.39, 0.29) is 38.8 Å². The summed E-state index contributed by atoms with van der Waals surface area (Å²) in [6, 6.07) is 13.4. The second-order valence-electron chi connectivity index (χ2n) is 12.6. The van der Waals surface area contributed by atoms with Crippen molar-refractivity contribution < 1.29 is 22.3 Å². The Morgan fingerprint density at radius 3 is 2.48 bits per heavy atom. The van der Waals surface area contributed by atoms with Crippen LogP contribution in [0.1, 0.15) is 76.4 Å². The molecule has 1 aliphatic carbocycles. The van der Waals surface area contributed by atoms with Crippen LogP contribution in [0.15, 0.2) is 59.5 Å². The summed E-state index contributed by atoms with van der Waals surface area (Å²) in [4.78, 5) is 18.3. The van der Waals surface area contributed by atoms with Crippen LogP contribution in [0, 0.1) is 22.6 Å². The van der Waals surface area contributed by atoms with E-state index < -0.39 is 21.7 Å². The zero-order chi connectivity index (χ0) is 29.5. The molecule has 1 fully saturated rings. The topological polar surface area (TPSA) is 111 Å². The number of rotatable bonds is 8. The fourth-order valence-electron chi connectivity index (χ4n) is 5.79. The fourth-order valence-corrected chi connectivity index (χ4v) is 6.81. The average Bonchev–Trinajstić information content (AvgIpc) is 3.08. The zero-order valence-electron chi connectivity index (χ0n) is 23.9. The maximum absolute atomic E-state index is 14.6. The molecule has 0 saturated heterocycles. The van der Waals surface area contributed by atoms with Gasteiger partial charge in [0.05, 0.1) is 28.5 Å². The van der Waals surface area contributed by atoms with Crippen molar-refractivity contribution in [2.24, 2.45) is 16.7 Å². The SMILES string of the molecule is CC(C)COc1cc(F)cc(-c2ccc(C(=O)NS(=O)(=O)c3cccc(N)c3)c(C3CC(C)(C)CC3(C)C)n2)c1. The number of sulfonamides is 1. The molecule has 1 unspecified atom stereocenters. The Labute approximate surface area is 236 Å². The van der Waals surface area contributed by atoms with Crippen molar-refractivity contribution in [1.29, 1.82) is 0 Å². The van der Waals surface area contributed by atoms with Gasteiger partial charge in [-0.05, 0) is 72.1 Å². The van der Waals surface area contributed by atoms with Crippen LogP contribution in [0.25, 0.3) is 11.3 Å². The first-order valence-electron chi connectivity index (χ1n) is 13.4. The smallest absolute Gasteiger partial charge is 0.266 e. The van der Waals surface area contributed by atoms with Gasteiger partial charge in [-0.3, -0.25) is 9.78 Å². The Kier molecular flexibility index (Phi) is 8.00. The molecular formula is C31H38FN3O4S. The number of hydrogen-bond donors (Lipinski definition) is 2. The summed E-state index contributed by atoms with van der Waals surface area (Å²) in [6.07, 6.45) is 1.65. The minimum atomic E-state index is -4.18. The summed E-state index contributed by atoms with van der Waals surface area (Å²) < 4.78 is 48.6. The lowest BCUT2D eigenvalue weighted by atomic mass is 9.78. The second-order valence-corrected chi connectivity index (χ2v) is 14.3. The molecule has 1 atom stereocenters. The van der Waals surface area contributed by atoms with Gasteiger partial charge in [0.1, 0.15) is 11.6 Å². The minimum Gasteiger partial charge on any atom is -0.493 e. The lowest BCUT2D eigenvalue weighted by Crippen LogP contribution is -2.32. The number of carbonyl (C=O) groups is 1. The Bertz CT molecular complexity index is 1530. The number of halogens is 1. The molecule has 0 spiro atoms. The number of nitrogens with zero attached hydrogens (tertiary/aromatic N) is 1. The molecule has 9 heteroatoms. The van der Waals surface area contributed by atoms with Crippen molar-refractivity contribution in [2.75, 3.05) is 12.3 Å². The number of nitrogen functional groups attached to an aromatic ring is 1. The maximum atomic E-state index is 14.6. The van der Waals surface area contributed by atoms with Gasteiger partial charge in [0.2, 0.25) is 0 Å². The lowest BCUT2D eigenvalue weighted by molar-refractivity contribution is 0.0978. The Morgan fingerprint density at radius 2 is 1.85 bits per heavy atom. The van der Waals surface area contributed by atoms with Gasteiger partial charge in [-0.15, -0.1) is 0 Å². The first-order valence-corrected chi connectivity index (χ1v) is 14.9. The highest BCUT2D eigenvalue weighted by Gasteiger charge is 2.47. The van der Waals surface area contributed by atoms with E-state index in [1.165, 1.54) is 30.3 Å². The first-order chi connectivity index (χ1) is 18.6. The number of aromatic nitrogens is 1. The molecule has 214 valence electrons. The Balaban J connectivity index is 1.79. The number of carbonyl (C=O) groups excluding carboxylic acids is 1. The van der Waals surface area contributed by atoms with Crippen LogP contribution in [-0.2, 0) is 10.0 Å². The van der Waals surface area contributed by atoms with Crippen LogP contribution in [0.5, 0.6) is 5.75 Å². The van der Waals surface area contributed by atoms with Gasteiger partial charge in [-0.1, -0.05) is 47.6 Å². The number of hydrogen-bond acceptors (Lipinski definition) is 6. The van der Waals surface area contributed by atoms with Crippen molar-refractivity contribution in [2.45, 2.75) is 65.2 Å². The van der Waals surface area contributed by atoms with Gasteiger partial charge in [-0.2, -0.15) is 0 Å². The average molecular weight is 568 g/mol. The fraction of sp³-hybridized carbons (Fsp3) is 0.419. The molecule has 7 nitrogen and oxygen atoms in total. The summed E-state index contributed by atoms with van der Waals surface area (Å²) in [5, 5.41) is 0. The predicted octanol–water partition coefficient (Wildman–Crippen LogP) is 6.55. The standard InChI is InChI=1S/C31H38FN3O4S/c1-19(2)17-39-23-13-20(12-21(32)14-23)27-11-10-25(28(34-27)26-16-30(3,4)18-31(26,5)6)29(36)35-40(37,38)24-9-7-8-22(33)15-24/h7-15,19,26H,16-18,33H2,1-6H3,(H,35,36). The summed E-state index contributed by atoms with van der Waals surface area (Å²) in [5.41, 5.74) is 7.44. The van der Waals surface area contributed by atoms with E-state index in [9.17, 15) is 17.6 Å². The Hall–Kier alpha value is -3.46. The molecule has 1 amide bonds. The van der Waals surface area contributed by atoms with Crippen molar-refractivity contribution in [3.05, 3.63) is 71.7 Å². The van der Waals surface area contributed by atoms with E-state index in [1.54, 1.807) is 24.3 Å². The highest BCUT2D eigenvalue weighted by atomic mass is 32.2. The van der Waals surface area contributed by atoms with Crippen molar-refractivity contribution in [3.8, 4) is 17.0 Å². The highest BCUT2D eigenvalue weighted by Crippen LogP contribution is 2.57. The summed E-state index contributed by atoms with van der Waals surface area (Å²) in [6.45, 7) is 13.1. The monoisotopic (exact) mass is 567 g/mol. The van der Waals surface area contributed by atoms with Crippen LogP contribution in [-0.4, -0.2) is 25.9 Å². The maximum Gasteiger partial charge on any atom is 0.266 e. The molecule has 0 bridgehead atoms. The third-order valence-electron chi connectivity index (χ3n) is 7.28. The van der Waals surface area contributed by atoms with Crippen LogP contribution in [0.2, 0.25) is 0 Å². The molecule has 1 heterocycles. The molecule has 0 aliphatic heterocycles. The normalized spacial score (nSPS) is 18.1. The lowest BCUT2D eigenvalue weighted by Gasteiger charge is -2.28. The number of nitrogens with one attached hydrogen (secondary N) is 1. The number of ether oxygens (including phenoxy) is 1. The van der Waals surface area contributed by atoms with Gasteiger partial charge in [-0.25, -0.2) is 17.5 Å². The molecule has 1 aliphatic rings. The summed E-state index contributed by atoms with van der Waals surface area (Å²) >= 11 is 0. The molecular weight excluding hydrogens is 529 g/mol. The highest BCUT2D eigenvalue weighted by molar-refractivity contribution is 7.90. The van der Waals surface area contributed by atoms with E-state index in [0.29, 0.717) is 29.3 Å². The quantitative estimate of drug-likeness (QED) is 0.299. The van der Waals surface area contributed by atoms with Crippen LogP contribution >= 0.6 is 0 Å². The zero-order valence-corrected chi connectivity index (χ0v) is 24.7. The third kappa shape index (κ3) is 6.63. The van der Waals surface area contributed by atoms with Gasteiger partial charge >= 0.3 is 0 Å². The minimum absolute atomic E-state index is 0.00997. The second kappa shape index (κ2) is 10.8. The molecule has 2 aromatic carbocycles. The van der Waals surface area contributed by atoms with Crippen molar-refractivity contribution in [3.63, 3.8) is 0 Å². The molecule has 4 rings (SSSR count). The summed E-state index contributed by atoms with van der Waals surface area (Å²) in [5.74, 6) is -0.715. The van der Waals surface area contributed by atoms with E-state index in [0.717, 1.165) is 12.8 Å². The van der Waals surface area contributed by atoms with Gasteiger partial charge < -0.3 is 10.5 Å². The van der Waals surface area contributed by atoms with Crippen LogP contribution < -0.4 is 15.2 Å². The van der Waals surface area contributed by atoms with E-state index in [1.807, 2.05) is 13.8 Å². The van der Waals surface area contributed by atoms with E-state index >= 15 is 0 Å². The largest absolute Gasteiger partial charge is 0.493 e. The molecule has 3 aromatic rings. The third-order valence-corrected chi connectivity index (χ3v) is 8.61. The van der Waals surface area contributed by atoms with Gasteiger partial charge in [0.15, 0.2) is 0 Å². The Morgan fingerprint density at radius 1 is 1.12 bits per heavy atom. The van der Waals surface area contributed by atoms with Gasteiger partial charge in [0, 0.05) is 23.2 Å². The van der Waals surface area contributed by atoms with E-state index in [4.69, 9.17) is 15.5 Å². The molecule has 3 N–H and O–H groups in total. The van der Waals surface area contributed by atoms with Crippen LogP contribution in [0.3, 0.4) is 0 Å².